The van der Waals surface area contributed by atoms with E-state index in [4.69, 9.17) is 14.5 Å². The number of ether oxygens (including phenoxy) is 2. The molecule has 0 fully saturated rings. The van der Waals surface area contributed by atoms with E-state index in [-0.39, 0.29) is 11.2 Å². The maximum absolute atomic E-state index is 13.5. The van der Waals surface area contributed by atoms with Crippen LogP contribution in [0, 0.1) is 0 Å². The van der Waals surface area contributed by atoms with Crippen LogP contribution in [0.5, 0.6) is 5.75 Å². The molecule has 1 aliphatic heterocycles. The summed E-state index contributed by atoms with van der Waals surface area (Å²) in [7, 11) is 1.63. The standard InChI is InChI=1S/C20H22N2O3S2/c1-5-20(2)10-14-15(11-25-20)27-17-16(14)18(23)22(19(21-17)26-4)12-6-8-13(24-3)9-7-12/h6-9H,5,10-11H2,1-4H3. The van der Waals surface area contributed by atoms with Gasteiger partial charge in [-0.2, -0.15) is 0 Å². The van der Waals surface area contributed by atoms with E-state index in [1.807, 2.05) is 30.5 Å². The number of thiophene rings is 1. The van der Waals surface area contributed by atoms with Crippen LogP contribution in [0.1, 0.15) is 30.7 Å². The van der Waals surface area contributed by atoms with Crippen LogP contribution in [0.25, 0.3) is 15.9 Å². The molecule has 1 unspecified atom stereocenters. The molecule has 0 bridgehead atoms. The molecule has 4 rings (SSSR count). The predicted octanol–water partition coefficient (Wildman–Crippen LogP) is 4.42. The maximum Gasteiger partial charge on any atom is 0.267 e. The highest BCUT2D eigenvalue weighted by Crippen LogP contribution is 2.39. The van der Waals surface area contributed by atoms with Crippen molar-refractivity contribution in [2.75, 3.05) is 13.4 Å². The number of hydrogen-bond acceptors (Lipinski definition) is 6. The fourth-order valence-electron chi connectivity index (χ4n) is 3.42. The molecule has 3 heterocycles. The van der Waals surface area contributed by atoms with Crippen molar-refractivity contribution in [1.82, 2.24) is 9.55 Å². The lowest BCUT2D eigenvalue weighted by atomic mass is 9.90. The second-order valence-electron chi connectivity index (χ2n) is 6.89. The molecular formula is C20H22N2O3S2. The minimum absolute atomic E-state index is 0.00706. The van der Waals surface area contributed by atoms with Crippen molar-refractivity contribution in [3.8, 4) is 11.4 Å². The maximum atomic E-state index is 13.5. The first-order valence-electron chi connectivity index (χ1n) is 8.89. The minimum atomic E-state index is -0.226. The van der Waals surface area contributed by atoms with Crippen molar-refractivity contribution in [3.63, 3.8) is 0 Å². The largest absolute Gasteiger partial charge is 0.497 e. The highest BCUT2D eigenvalue weighted by molar-refractivity contribution is 7.98. The third-order valence-electron chi connectivity index (χ3n) is 5.24. The van der Waals surface area contributed by atoms with Gasteiger partial charge in [-0.25, -0.2) is 4.98 Å². The molecule has 5 nitrogen and oxygen atoms in total. The third kappa shape index (κ3) is 3.07. The molecule has 7 heteroatoms. The summed E-state index contributed by atoms with van der Waals surface area (Å²) in [5.74, 6) is 0.760. The number of nitrogens with zero attached hydrogens (tertiary/aromatic N) is 2. The van der Waals surface area contributed by atoms with Crippen LogP contribution in [-0.2, 0) is 17.8 Å². The highest BCUT2D eigenvalue weighted by Gasteiger charge is 2.33. The van der Waals surface area contributed by atoms with Crippen molar-refractivity contribution in [2.24, 2.45) is 0 Å². The van der Waals surface area contributed by atoms with Crippen molar-refractivity contribution < 1.29 is 9.47 Å². The van der Waals surface area contributed by atoms with Crippen molar-refractivity contribution in [2.45, 2.75) is 44.1 Å². The summed E-state index contributed by atoms with van der Waals surface area (Å²) in [6.07, 6.45) is 3.60. The van der Waals surface area contributed by atoms with Gasteiger partial charge in [0.15, 0.2) is 5.16 Å². The number of benzene rings is 1. The van der Waals surface area contributed by atoms with Crippen LogP contribution in [0.3, 0.4) is 0 Å². The van der Waals surface area contributed by atoms with E-state index < -0.39 is 0 Å². The van der Waals surface area contributed by atoms with E-state index in [2.05, 4.69) is 13.8 Å². The number of fused-ring (bicyclic) bond motifs is 3. The van der Waals surface area contributed by atoms with Crippen LogP contribution in [0.2, 0.25) is 0 Å². The Kier molecular flexibility index (Phi) is 4.78. The SMILES string of the molecule is CCC1(C)Cc2c(sc3nc(SC)n(-c4ccc(OC)cc4)c(=O)c23)CO1. The molecular weight excluding hydrogens is 380 g/mol. The molecule has 3 aromatic rings. The van der Waals surface area contributed by atoms with Gasteiger partial charge in [0, 0.05) is 11.3 Å². The Bertz CT molecular complexity index is 1060. The molecule has 27 heavy (non-hydrogen) atoms. The van der Waals surface area contributed by atoms with Gasteiger partial charge in [-0.1, -0.05) is 18.7 Å². The van der Waals surface area contributed by atoms with E-state index in [1.165, 1.54) is 11.8 Å². The van der Waals surface area contributed by atoms with Gasteiger partial charge in [-0.15, -0.1) is 11.3 Å². The summed E-state index contributed by atoms with van der Waals surface area (Å²) < 4.78 is 13.0. The quantitative estimate of drug-likeness (QED) is 0.478. The van der Waals surface area contributed by atoms with E-state index in [9.17, 15) is 4.79 Å². The molecule has 0 saturated heterocycles. The first-order valence-corrected chi connectivity index (χ1v) is 10.9. The van der Waals surface area contributed by atoms with Crippen molar-refractivity contribution >= 4 is 33.3 Å². The van der Waals surface area contributed by atoms with Crippen molar-refractivity contribution in [3.05, 3.63) is 45.1 Å². The van der Waals surface area contributed by atoms with Gasteiger partial charge in [0.1, 0.15) is 10.6 Å². The molecule has 0 amide bonds. The highest BCUT2D eigenvalue weighted by atomic mass is 32.2. The van der Waals surface area contributed by atoms with Gasteiger partial charge >= 0.3 is 0 Å². The fraction of sp³-hybridized carbons (Fsp3) is 0.400. The Morgan fingerprint density at radius 2 is 2.11 bits per heavy atom. The van der Waals surface area contributed by atoms with Crippen LogP contribution in [-0.4, -0.2) is 28.5 Å². The summed E-state index contributed by atoms with van der Waals surface area (Å²) in [6, 6.07) is 7.51. The first-order chi connectivity index (χ1) is 13.0. The van der Waals surface area contributed by atoms with Gasteiger partial charge in [0.2, 0.25) is 0 Å². The molecule has 2 aromatic heterocycles. The van der Waals surface area contributed by atoms with Gasteiger partial charge in [0.25, 0.3) is 5.56 Å². The number of methoxy groups -OCH3 is 1. The molecule has 142 valence electrons. The molecule has 1 atom stereocenters. The Balaban J connectivity index is 1.95. The number of aromatic nitrogens is 2. The molecule has 0 saturated carbocycles. The second kappa shape index (κ2) is 6.96. The average Bonchev–Trinajstić information content (AvgIpc) is 3.05. The van der Waals surface area contributed by atoms with Crippen LogP contribution < -0.4 is 10.3 Å². The summed E-state index contributed by atoms with van der Waals surface area (Å²) in [6.45, 7) is 4.79. The fourth-order valence-corrected chi connectivity index (χ4v) is 5.13. The topological polar surface area (TPSA) is 53.4 Å². The van der Waals surface area contributed by atoms with Gasteiger partial charge in [-0.05, 0) is 49.4 Å². The van der Waals surface area contributed by atoms with Crippen molar-refractivity contribution in [1.29, 1.82) is 0 Å². The Labute approximate surface area is 166 Å². The zero-order valence-corrected chi connectivity index (χ0v) is 17.5. The number of hydrogen-bond donors (Lipinski definition) is 0. The summed E-state index contributed by atoms with van der Waals surface area (Å²) in [4.78, 5) is 20.3. The molecule has 1 aliphatic rings. The predicted molar refractivity (Wildman–Crippen MR) is 111 cm³/mol. The summed E-state index contributed by atoms with van der Waals surface area (Å²) in [5, 5.41) is 1.43. The Morgan fingerprint density at radius 3 is 2.74 bits per heavy atom. The van der Waals surface area contributed by atoms with Crippen LogP contribution in [0.4, 0.5) is 0 Å². The van der Waals surface area contributed by atoms with E-state index in [1.54, 1.807) is 23.0 Å². The zero-order chi connectivity index (χ0) is 19.2. The lowest BCUT2D eigenvalue weighted by Crippen LogP contribution is -2.34. The lowest BCUT2D eigenvalue weighted by Gasteiger charge is -2.32. The smallest absolute Gasteiger partial charge is 0.267 e. The average molecular weight is 403 g/mol. The number of thioether (sulfide) groups is 1. The van der Waals surface area contributed by atoms with E-state index >= 15 is 0 Å². The Hall–Kier alpha value is -1.83. The molecule has 0 aliphatic carbocycles. The number of rotatable bonds is 4. The van der Waals surface area contributed by atoms with Gasteiger partial charge < -0.3 is 9.47 Å². The Morgan fingerprint density at radius 1 is 1.37 bits per heavy atom. The molecule has 0 N–H and O–H groups in total. The zero-order valence-electron chi connectivity index (χ0n) is 15.9. The molecule has 0 radical (unpaired) electrons. The van der Waals surface area contributed by atoms with Crippen LogP contribution in [0.15, 0.2) is 34.2 Å². The molecule has 0 spiro atoms. The monoisotopic (exact) mass is 402 g/mol. The van der Waals surface area contributed by atoms with Crippen LogP contribution >= 0.6 is 23.1 Å². The lowest BCUT2D eigenvalue weighted by molar-refractivity contribution is -0.0543. The normalized spacial score (nSPS) is 19.3. The van der Waals surface area contributed by atoms with Gasteiger partial charge in [-0.3, -0.25) is 9.36 Å². The van der Waals surface area contributed by atoms with E-state index in [0.717, 1.165) is 44.9 Å². The second-order valence-corrected chi connectivity index (χ2v) is 8.75. The summed E-state index contributed by atoms with van der Waals surface area (Å²) >= 11 is 3.06. The summed E-state index contributed by atoms with van der Waals surface area (Å²) in [5.41, 5.74) is 1.67. The minimum Gasteiger partial charge on any atom is -0.497 e. The van der Waals surface area contributed by atoms with E-state index in [0.29, 0.717) is 11.8 Å². The molecule has 1 aromatic carbocycles. The van der Waals surface area contributed by atoms with Gasteiger partial charge in [0.05, 0.1) is 30.4 Å². The first kappa shape index (κ1) is 18.5. The third-order valence-corrected chi connectivity index (χ3v) is 6.98.